The second-order valence-corrected chi connectivity index (χ2v) is 8.39. The van der Waals surface area contributed by atoms with Crippen LogP contribution in [0, 0.1) is 0 Å². The molecule has 2 amide bonds. The van der Waals surface area contributed by atoms with Gasteiger partial charge in [0.1, 0.15) is 5.82 Å². The third kappa shape index (κ3) is 5.83. The van der Waals surface area contributed by atoms with Gasteiger partial charge in [0.05, 0.1) is 17.9 Å². The van der Waals surface area contributed by atoms with Crippen LogP contribution in [0.1, 0.15) is 52.7 Å². The fourth-order valence-corrected chi connectivity index (χ4v) is 2.75. The quantitative estimate of drug-likeness (QED) is 0.743. The molecule has 0 spiro atoms. The van der Waals surface area contributed by atoms with Crippen molar-refractivity contribution in [1.29, 1.82) is 0 Å². The fraction of sp³-hybridized carbons (Fsp3) is 0.476. The van der Waals surface area contributed by atoms with Crippen molar-refractivity contribution in [1.82, 2.24) is 14.7 Å². The Bertz CT molecular complexity index is 822. The Balaban J connectivity index is 2.21. The Morgan fingerprint density at radius 3 is 2.43 bits per heavy atom. The molecule has 1 aromatic carbocycles. The van der Waals surface area contributed by atoms with Crippen molar-refractivity contribution >= 4 is 29.2 Å². The van der Waals surface area contributed by atoms with Crippen LogP contribution in [-0.4, -0.2) is 40.1 Å². The van der Waals surface area contributed by atoms with Gasteiger partial charge in [0.25, 0.3) is 0 Å². The first kappa shape index (κ1) is 22.0. The molecule has 0 aliphatic carbocycles. The van der Waals surface area contributed by atoms with Crippen LogP contribution in [0.4, 0.5) is 5.82 Å². The molecule has 152 valence electrons. The standard InChI is InChI=1S/C21H29ClN4O2/c1-6-7-8-20(28)25(5)14-19(27)23-18-13-17(21(2,3)4)24-26(18)16-11-9-15(22)10-12-16/h9-13H,6-8,14H2,1-5H3,(H,23,27). The van der Waals surface area contributed by atoms with Crippen LogP contribution in [0.15, 0.2) is 30.3 Å². The number of amides is 2. The maximum absolute atomic E-state index is 12.5. The van der Waals surface area contributed by atoms with Gasteiger partial charge in [-0.2, -0.15) is 5.10 Å². The molecule has 0 saturated heterocycles. The Morgan fingerprint density at radius 2 is 1.86 bits per heavy atom. The van der Waals surface area contributed by atoms with Gasteiger partial charge in [-0.05, 0) is 30.7 Å². The van der Waals surface area contributed by atoms with Crippen molar-refractivity contribution in [2.24, 2.45) is 0 Å². The van der Waals surface area contributed by atoms with Gasteiger partial charge in [-0.1, -0.05) is 45.7 Å². The number of hydrogen-bond acceptors (Lipinski definition) is 3. The number of carbonyl (C=O) groups excluding carboxylic acids is 2. The molecule has 0 aliphatic heterocycles. The van der Waals surface area contributed by atoms with Crippen molar-refractivity contribution in [3.05, 3.63) is 41.0 Å². The zero-order chi connectivity index (χ0) is 20.9. The second kappa shape index (κ2) is 9.24. The Labute approximate surface area is 171 Å². The summed E-state index contributed by atoms with van der Waals surface area (Å²) in [6.07, 6.45) is 2.22. The zero-order valence-electron chi connectivity index (χ0n) is 17.3. The minimum Gasteiger partial charge on any atom is -0.336 e. The Kier molecular flexibility index (Phi) is 7.24. The molecule has 0 unspecified atom stereocenters. The highest BCUT2D eigenvalue weighted by atomic mass is 35.5. The molecule has 1 aromatic heterocycles. The number of nitrogens with zero attached hydrogens (tertiary/aromatic N) is 3. The summed E-state index contributed by atoms with van der Waals surface area (Å²) >= 11 is 5.99. The number of likely N-dealkylation sites (N-methyl/N-ethyl adjacent to an activating group) is 1. The minimum atomic E-state index is -0.261. The number of rotatable bonds is 7. The van der Waals surface area contributed by atoms with E-state index in [1.807, 2.05) is 25.1 Å². The molecule has 6 nitrogen and oxygen atoms in total. The lowest BCUT2D eigenvalue weighted by molar-refractivity contribution is -0.133. The van der Waals surface area contributed by atoms with E-state index in [9.17, 15) is 9.59 Å². The lowest BCUT2D eigenvalue weighted by Gasteiger charge is -2.17. The van der Waals surface area contributed by atoms with E-state index in [0.717, 1.165) is 24.2 Å². The van der Waals surface area contributed by atoms with Gasteiger partial charge < -0.3 is 10.2 Å². The summed E-state index contributed by atoms with van der Waals surface area (Å²) in [6.45, 7) is 8.22. The summed E-state index contributed by atoms with van der Waals surface area (Å²) in [7, 11) is 1.65. The number of nitrogens with one attached hydrogen (secondary N) is 1. The van der Waals surface area contributed by atoms with E-state index in [1.54, 1.807) is 23.9 Å². The number of unbranched alkanes of at least 4 members (excludes halogenated alkanes) is 1. The molecule has 0 saturated carbocycles. The topological polar surface area (TPSA) is 67.2 Å². The maximum atomic E-state index is 12.5. The van der Waals surface area contributed by atoms with Crippen molar-refractivity contribution in [3.8, 4) is 5.69 Å². The normalized spacial score (nSPS) is 11.4. The van der Waals surface area contributed by atoms with E-state index in [4.69, 9.17) is 11.6 Å². The highest BCUT2D eigenvalue weighted by Gasteiger charge is 2.22. The monoisotopic (exact) mass is 404 g/mol. The zero-order valence-corrected chi connectivity index (χ0v) is 18.0. The molecule has 1 heterocycles. The van der Waals surface area contributed by atoms with E-state index in [-0.39, 0.29) is 23.8 Å². The highest BCUT2D eigenvalue weighted by Crippen LogP contribution is 2.26. The summed E-state index contributed by atoms with van der Waals surface area (Å²) in [6, 6.07) is 9.11. The van der Waals surface area contributed by atoms with Gasteiger partial charge in [-0.15, -0.1) is 0 Å². The van der Waals surface area contributed by atoms with Crippen LogP contribution >= 0.6 is 11.6 Å². The Morgan fingerprint density at radius 1 is 1.21 bits per heavy atom. The molecular weight excluding hydrogens is 376 g/mol. The lowest BCUT2D eigenvalue weighted by atomic mass is 9.92. The van der Waals surface area contributed by atoms with Crippen LogP contribution in [-0.2, 0) is 15.0 Å². The van der Waals surface area contributed by atoms with E-state index in [0.29, 0.717) is 17.3 Å². The van der Waals surface area contributed by atoms with Crippen molar-refractivity contribution in [2.45, 2.75) is 52.4 Å². The van der Waals surface area contributed by atoms with Crippen LogP contribution in [0.3, 0.4) is 0 Å². The average molecular weight is 405 g/mol. The number of aromatic nitrogens is 2. The van der Waals surface area contributed by atoms with Crippen LogP contribution in [0.5, 0.6) is 0 Å². The number of benzene rings is 1. The summed E-state index contributed by atoms with van der Waals surface area (Å²) in [4.78, 5) is 26.0. The van der Waals surface area contributed by atoms with Crippen molar-refractivity contribution in [3.63, 3.8) is 0 Å². The van der Waals surface area contributed by atoms with E-state index >= 15 is 0 Å². The Hall–Kier alpha value is -2.34. The highest BCUT2D eigenvalue weighted by molar-refractivity contribution is 6.30. The fourth-order valence-electron chi connectivity index (χ4n) is 2.62. The number of carbonyl (C=O) groups is 2. The summed E-state index contributed by atoms with van der Waals surface area (Å²) in [5.41, 5.74) is 1.47. The molecule has 0 bridgehead atoms. The molecule has 0 radical (unpaired) electrons. The molecule has 28 heavy (non-hydrogen) atoms. The predicted octanol–water partition coefficient (Wildman–Crippen LogP) is 4.41. The lowest BCUT2D eigenvalue weighted by Crippen LogP contribution is -2.35. The van der Waals surface area contributed by atoms with Gasteiger partial charge >= 0.3 is 0 Å². The van der Waals surface area contributed by atoms with Crippen molar-refractivity contribution in [2.75, 3.05) is 18.9 Å². The molecular formula is C21H29ClN4O2. The largest absolute Gasteiger partial charge is 0.336 e. The van der Waals surface area contributed by atoms with E-state index in [1.165, 1.54) is 4.90 Å². The van der Waals surface area contributed by atoms with E-state index in [2.05, 4.69) is 31.2 Å². The molecule has 2 aromatic rings. The van der Waals surface area contributed by atoms with Crippen LogP contribution in [0.25, 0.3) is 5.69 Å². The third-order valence-corrected chi connectivity index (χ3v) is 4.62. The SMILES string of the molecule is CCCCC(=O)N(C)CC(=O)Nc1cc(C(C)(C)C)nn1-c1ccc(Cl)cc1. The molecule has 2 rings (SSSR count). The molecule has 0 aliphatic rings. The second-order valence-electron chi connectivity index (χ2n) is 7.95. The average Bonchev–Trinajstić information content (AvgIpc) is 3.04. The third-order valence-electron chi connectivity index (χ3n) is 4.37. The number of halogens is 1. The van der Waals surface area contributed by atoms with Crippen LogP contribution in [0.2, 0.25) is 5.02 Å². The van der Waals surface area contributed by atoms with Gasteiger partial charge in [0.15, 0.2) is 0 Å². The summed E-state index contributed by atoms with van der Waals surface area (Å²) in [5, 5.41) is 8.19. The predicted molar refractivity (Wildman–Crippen MR) is 113 cm³/mol. The maximum Gasteiger partial charge on any atom is 0.245 e. The smallest absolute Gasteiger partial charge is 0.245 e. The van der Waals surface area contributed by atoms with Crippen LogP contribution < -0.4 is 5.32 Å². The summed E-state index contributed by atoms with van der Waals surface area (Å²) in [5.74, 6) is 0.271. The molecule has 0 fully saturated rings. The first-order valence-electron chi connectivity index (χ1n) is 9.52. The number of hydrogen-bond donors (Lipinski definition) is 1. The molecule has 1 N–H and O–H groups in total. The van der Waals surface area contributed by atoms with Gasteiger partial charge in [-0.25, -0.2) is 4.68 Å². The summed E-state index contributed by atoms with van der Waals surface area (Å²) < 4.78 is 1.69. The first-order chi connectivity index (χ1) is 13.1. The van der Waals surface area contributed by atoms with E-state index < -0.39 is 0 Å². The first-order valence-corrected chi connectivity index (χ1v) is 9.90. The van der Waals surface area contributed by atoms with Gasteiger partial charge in [-0.3, -0.25) is 9.59 Å². The van der Waals surface area contributed by atoms with Crippen molar-refractivity contribution < 1.29 is 9.59 Å². The van der Waals surface area contributed by atoms with Gasteiger partial charge in [0.2, 0.25) is 11.8 Å². The number of anilines is 1. The van der Waals surface area contributed by atoms with Gasteiger partial charge in [0, 0.05) is 30.0 Å². The molecule has 7 heteroatoms. The molecule has 0 atom stereocenters. The minimum absolute atomic E-state index is 0.000797.